The number of aromatic amines is 1. The molecule has 1 heterocycles. The summed E-state index contributed by atoms with van der Waals surface area (Å²) in [7, 11) is 0. The average Bonchev–Trinajstić information content (AvgIpc) is 2.64. The second-order valence-electron chi connectivity index (χ2n) is 4.24. The van der Waals surface area contributed by atoms with Gasteiger partial charge in [0.25, 0.3) is 5.91 Å². The van der Waals surface area contributed by atoms with Crippen molar-refractivity contribution < 1.29 is 9.59 Å². The van der Waals surface area contributed by atoms with E-state index < -0.39 is 5.41 Å². The lowest BCUT2D eigenvalue weighted by atomic mass is 9.96. The molecular weight excluding hydrogens is 194 g/mol. The summed E-state index contributed by atoms with van der Waals surface area (Å²) in [5.74, 6) is -0.597. The first-order valence-electron chi connectivity index (χ1n) is 4.65. The molecule has 3 N–H and O–H groups in total. The van der Waals surface area contributed by atoms with Crippen molar-refractivity contribution in [3.63, 3.8) is 0 Å². The number of hydrazine groups is 1. The highest BCUT2D eigenvalue weighted by Gasteiger charge is 2.21. The average molecular weight is 209 g/mol. The second-order valence-corrected chi connectivity index (χ2v) is 4.24. The Hall–Kier alpha value is -1.78. The third kappa shape index (κ3) is 3.12. The van der Waals surface area contributed by atoms with Gasteiger partial charge in [-0.3, -0.25) is 20.4 Å². The van der Waals surface area contributed by atoms with Crippen molar-refractivity contribution in [1.29, 1.82) is 0 Å². The maximum Gasteiger partial charge on any atom is 0.286 e. The molecule has 0 radical (unpaired) electrons. The number of rotatable bonds is 1. The Morgan fingerprint density at radius 3 is 2.40 bits per heavy atom. The van der Waals surface area contributed by atoms with E-state index >= 15 is 0 Å². The minimum atomic E-state index is -0.525. The Labute approximate surface area is 88.2 Å². The largest absolute Gasteiger partial charge is 0.357 e. The summed E-state index contributed by atoms with van der Waals surface area (Å²) in [6.45, 7) is 5.30. The third-order valence-electron chi connectivity index (χ3n) is 1.81. The highest BCUT2D eigenvalue weighted by Crippen LogP contribution is 2.11. The smallest absolute Gasteiger partial charge is 0.286 e. The van der Waals surface area contributed by atoms with E-state index in [0.29, 0.717) is 5.69 Å². The molecule has 1 aromatic rings. The van der Waals surface area contributed by atoms with E-state index in [0.717, 1.165) is 0 Å². The fourth-order valence-corrected chi connectivity index (χ4v) is 0.840. The Morgan fingerprint density at radius 2 is 1.93 bits per heavy atom. The van der Waals surface area contributed by atoms with Crippen LogP contribution in [0, 0.1) is 5.41 Å². The van der Waals surface area contributed by atoms with E-state index in [1.54, 1.807) is 39.1 Å². The van der Waals surface area contributed by atoms with Gasteiger partial charge in [-0.2, -0.15) is 0 Å². The van der Waals surface area contributed by atoms with E-state index in [2.05, 4.69) is 15.8 Å². The molecule has 0 atom stereocenters. The Kier molecular flexibility index (Phi) is 3.14. The molecule has 0 bridgehead atoms. The molecular formula is C10H15N3O2. The van der Waals surface area contributed by atoms with Crippen molar-refractivity contribution in [3.8, 4) is 0 Å². The normalized spacial score (nSPS) is 10.9. The van der Waals surface area contributed by atoms with E-state index in [1.165, 1.54) is 0 Å². The zero-order valence-corrected chi connectivity index (χ0v) is 9.05. The molecule has 1 rings (SSSR count). The summed E-state index contributed by atoms with van der Waals surface area (Å²) >= 11 is 0. The topological polar surface area (TPSA) is 74.0 Å². The molecule has 0 aliphatic heterocycles. The van der Waals surface area contributed by atoms with Crippen molar-refractivity contribution in [2.45, 2.75) is 20.8 Å². The minimum absolute atomic E-state index is 0.234. The maximum absolute atomic E-state index is 11.4. The summed E-state index contributed by atoms with van der Waals surface area (Å²) in [6.07, 6.45) is 1.64. The summed E-state index contributed by atoms with van der Waals surface area (Å²) in [5, 5.41) is 0. The number of hydrogen-bond acceptors (Lipinski definition) is 2. The molecule has 1 aromatic heterocycles. The van der Waals surface area contributed by atoms with Gasteiger partial charge in [0.15, 0.2) is 0 Å². The number of aromatic nitrogens is 1. The Balaban J connectivity index is 2.45. The van der Waals surface area contributed by atoms with Gasteiger partial charge in [-0.05, 0) is 12.1 Å². The van der Waals surface area contributed by atoms with Crippen LogP contribution in [-0.2, 0) is 4.79 Å². The lowest BCUT2D eigenvalue weighted by Gasteiger charge is -2.17. The molecule has 82 valence electrons. The van der Waals surface area contributed by atoms with E-state index in [9.17, 15) is 9.59 Å². The zero-order chi connectivity index (χ0) is 11.5. The van der Waals surface area contributed by atoms with E-state index in [-0.39, 0.29) is 11.8 Å². The molecule has 5 heteroatoms. The number of carbonyl (C=O) groups is 2. The van der Waals surface area contributed by atoms with Crippen molar-refractivity contribution in [2.75, 3.05) is 0 Å². The van der Waals surface area contributed by atoms with Gasteiger partial charge in [0.2, 0.25) is 5.91 Å². The molecule has 0 saturated carbocycles. The van der Waals surface area contributed by atoms with Crippen LogP contribution in [-0.4, -0.2) is 16.8 Å². The van der Waals surface area contributed by atoms with Gasteiger partial charge in [-0.1, -0.05) is 20.8 Å². The fraction of sp³-hybridized carbons (Fsp3) is 0.400. The van der Waals surface area contributed by atoms with Gasteiger partial charge in [-0.15, -0.1) is 0 Å². The minimum Gasteiger partial charge on any atom is -0.357 e. The molecule has 15 heavy (non-hydrogen) atoms. The summed E-state index contributed by atoms with van der Waals surface area (Å²) in [6, 6.07) is 3.33. The van der Waals surface area contributed by atoms with E-state index in [4.69, 9.17) is 0 Å². The van der Waals surface area contributed by atoms with Crippen LogP contribution in [0.4, 0.5) is 0 Å². The quantitative estimate of drug-likeness (QED) is 0.599. The van der Waals surface area contributed by atoms with Gasteiger partial charge in [0, 0.05) is 11.6 Å². The highest BCUT2D eigenvalue weighted by molar-refractivity contribution is 5.94. The molecule has 0 aromatic carbocycles. The van der Waals surface area contributed by atoms with Crippen LogP contribution in [0.15, 0.2) is 18.3 Å². The molecule has 5 nitrogen and oxygen atoms in total. The molecule has 0 spiro atoms. The van der Waals surface area contributed by atoms with Crippen LogP contribution in [0.3, 0.4) is 0 Å². The van der Waals surface area contributed by atoms with Crippen molar-refractivity contribution in [3.05, 3.63) is 24.0 Å². The molecule has 0 unspecified atom stereocenters. The van der Waals surface area contributed by atoms with Crippen LogP contribution in [0.2, 0.25) is 0 Å². The van der Waals surface area contributed by atoms with E-state index in [1.807, 2.05) is 0 Å². The molecule has 2 amide bonds. The Bertz CT molecular complexity index is 349. The van der Waals surface area contributed by atoms with Gasteiger partial charge in [0.05, 0.1) is 0 Å². The molecule has 0 aliphatic carbocycles. The Morgan fingerprint density at radius 1 is 1.27 bits per heavy atom. The van der Waals surface area contributed by atoms with Crippen LogP contribution >= 0.6 is 0 Å². The van der Waals surface area contributed by atoms with Gasteiger partial charge < -0.3 is 4.98 Å². The van der Waals surface area contributed by atoms with Crippen LogP contribution in [0.1, 0.15) is 31.3 Å². The monoisotopic (exact) mass is 209 g/mol. The first-order chi connectivity index (χ1) is 6.91. The van der Waals surface area contributed by atoms with Crippen LogP contribution in [0.5, 0.6) is 0 Å². The standard InChI is InChI=1S/C10H15N3O2/c1-10(2,3)9(15)13-12-8(14)7-5-4-6-11-7/h4-6,11H,1-3H3,(H,12,14)(H,13,15). The number of carbonyl (C=O) groups excluding carboxylic acids is 2. The highest BCUT2D eigenvalue weighted by atomic mass is 16.2. The lowest BCUT2D eigenvalue weighted by molar-refractivity contribution is -0.129. The third-order valence-corrected chi connectivity index (χ3v) is 1.81. The van der Waals surface area contributed by atoms with Crippen LogP contribution in [0.25, 0.3) is 0 Å². The zero-order valence-electron chi connectivity index (χ0n) is 9.05. The second kappa shape index (κ2) is 4.16. The molecule has 0 aliphatic rings. The lowest BCUT2D eigenvalue weighted by Crippen LogP contribution is -2.46. The number of nitrogens with one attached hydrogen (secondary N) is 3. The number of H-pyrrole nitrogens is 1. The van der Waals surface area contributed by atoms with Crippen molar-refractivity contribution >= 4 is 11.8 Å². The number of hydrogen-bond donors (Lipinski definition) is 3. The van der Waals surface area contributed by atoms with Gasteiger partial charge >= 0.3 is 0 Å². The van der Waals surface area contributed by atoms with Crippen molar-refractivity contribution in [2.24, 2.45) is 5.41 Å². The summed E-state index contributed by atoms with van der Waals surface area (Å²) < 4.78 is 0. The maximum atomic E-state index is 11.4. The summed E-state index contributed by atoms with van der Waals surface area (Å²) in [5.41, 5.74) is 4.56. The van der Waals surface area contributed by atoms with Gasteiger partial charge in [-0.25, -0.2) is 0 Å². The predicted octanol–water partition coefficient (Wildman–Crippen LogP) is 0.822. The SMILES string of the molecule is CC(C)(C)C(=O)NNC(=O)c1ccc[nH]1. The molecule has 0 fully saturated rings. The summed E-state index contributed by atoms with van der Waals surface area (Å²) in [4.78, 5) is 25.5. The van der Waals surface area contributed by atoms with Gasteiger partial charge in [0.1, 0.15) is 5.69 Å². The predicted molar refractivity (Wildman–Crippen MR) is 55.9 cm³/mol. The van der Waals surface area contributed by atoms with Crippen molar-refractivity contribution in [1.82, 2.24) is 15.8 Å². The fourth-order valence-electron chi connectivity index (χ4n) is 0.840. The first-order valence-corrected chi connectivity index (χ1v) is 4.65. The first kappa shape index (κ1) is 11.3. The number of amides is 2. The molecule has 0 saturated heterocycles. The van der Waals surface area contributed by atoms with Crippen LogP contribution < -0.4 is 10.9 Å².